The van der Waals surface area contributed by atoms with Crippen LogP contribution in [0.1, 0.15) is 28.5 Å². The Morgan fingerprint density at radius 1 is 1.44 bits per heavy atom. The van der Waals surface area contributed by atoms with Crippen LogP contribution in [-0.2, 0) is 7.05 Å². The summed E-state index contributed by atoms with van der Waals surface area (Å²) >= 11 is 1.74. The van der Waals surface area contributed by atoms with E-state index >= 15 is 0 Å². The molecule has 2 aromatic rings. The first-order valence-electron chi connectivity index (χ1n) is 5.26. The number of thiazole rings is 1. The van der Waals surface area contributed by atoms with Crippen molar-refractivity contribution in [2.45, 2.75) is 26.8 Å². The lowest BCUT2D eigenvalue weighted by molar-refractivity contribution is 0.743. The summed E-state index contributed by atoms with van der Waals surface area (Å²) in [6.07, 6.45) is 1.79. The highest BCUT2D eigenvalue weighted by Gasteiger charge is 2.13. The molecule has 0 aliphatic carbocycles. The molecule has 0 aliphatic rings. The zero-order chi connectivity index (χ0) is 11.7. The minimum atomic E-state index is 0.209. The zero-order valence-corrected chi connectivity index (χ0v) is 10.8. The molecule has 1 atom stereocenters. The van der Waals surface area contributed by atoms with Crippen LogP contribution in [0.15, 0.2) is 12.3 Å². The molecule has 4 nitrogen and oxygen atoms in total. The van der Waals surface area contributed by atoms with Gasteiger partial charge in [0.25, 0.3) is 0 Å². The van der Waals surface area contributed by atoms with E-state index in [0.29, 0.717) is 0 Å². The molecule has 0 saturated carbocycles. The largest absolute Gasteiger partial charge is 0.362 e. The fourth-order valence-corrected chi connectivity index (χ4v) is 2.67. The van der Waals surface area contributed by atoms with E-state index in [1.807, 2.05) is 24.7 Å². The lowest BCUT2D eigenvalue weighted by atomic mass is 10.2. The number of aryl methyl sites for hydroxylation is 3. The third-order valence-corrected chi connectivity index (χ3v) is 3.44. The van der Waals surface area contributed by atoms with Gasteiger partial charge >= 0.3 is 0 Å². The molecule has 0 saturated heterocycles. The van der Waals surface area contributed by atoms with Gasteiger partial charge in [-0.05, 0) is 20.8 Å². The minimum absolute atomic E-state index is 0.209. The minimum Gasteiger partial charge on any atom is -0.362 e. The van der Waals surface area contributed by atoms with Gasteiger partial charge in [-0.2, -0.15) is 5.10 Å². The maximum Gasteiger partial charge on any atom is 0.124 e. The van der Waals surface area contributed by atoms with Crippen LogP contribution < -0.4 is 5.32 Å². The van der Waals surface area contributed by atoms with Gasteiger partial charge in [0.2, 0.25) is 0 Å². The van der Waals surface area contributed by atoms with Gasteiger partial charge in [0, 0.05) is 18.0 Å². The first-order valence-corrected chi connectivity index (χ1v) is 6.08. The predicted molar refractivity (Wildman–Crippen MR) is 66.8 cm³/mol. The Morgan fingerprint density at radius 3 is 2.69 bits per heavy atom. The van der Waals surface area contributed by atoms with Gasteiger partial charge in [0.15, 0.2) is 0 Å². The molecule has 0 fully saturated rings. The SMILES string of the molecule is Cc1nc(C(C)Nc2ccnn2C)c(C)s1. The van der Waals surface area contributed by atoms with Crippen molar-refractivity contribution in [2.24, 2.45) is 7.05 Å². The van der Waals surface area contributed by atoms with Crippen LogP contribution in [0.25, 0.3) is 0 Å². The van der Waals surface area contributed by atoms with Gasteiger partial charge < -0.3 is 5.32 Å². The van der Waals surface area contributed by atoms with Crippen molar-refractivity contribution in [1.82, 2.24) is 14.8 Å². The number of anilines is 1. The Bertz CT molecular complexity index is 486. The Balaban J connectivity index is 2.17. The van der Waals surface area contributed by atoms with E-state index in [1.165, 1.54) is 4.88 Å². The summed E-state index contributed by atoms with van der Waals surface area (Å²) in [5.41, 5.74) is 1.13. The number of rotatable bonds is 3. The van der Waals surface area contributed by atoms with E-state index in [1.54, 1.807) is 17.5 Å². The molecule has 16 heavy (non-hydrogen) atoms. The third kappa shape index (κ3) is 2.09. The van der Waals surface area contributed by atoms with Crippen molar-refractivity contribution in [3.63, 3.8) is 0 Å². The van der Waals surface area contributed by atoms with Crippen molar-refractivity contribution in [3.8, 4) is 0 Å². The summed E-state index contributed by atoms with van der Waals surface area (Å²) in [5, 5.41) is 8.65. The first kappa shape index (κ1) is 11.1. The van der Waals surface area contributed by atoms with Crippen LogP contribution >= 0.6 is 11.3 Å². The number of nitrogens with one attached hydrogen (secondary N) is 1. The molecule has 0 bridgehead atoms. The molecule has 1 unspecified atom stereocenters. The highest BCUT2D eigenvalue weighted by atomic mass is 32.1. The molecule has 86 valence electrons. The van der Waals surface area contributed by atoms with E-state index in [-0.39, 0.29) is 6.04 Å². The van der Waals surface area contributed by atoms with Crippen LogP contribution in [-0.4, -0.2) is 14.8 Å². The molecule has 0 aromatic carbocycles. The van der Waals surface area contributed by atoms with Crippen LogP contribution in [0, 0.1) is 13.8 Å². The van der Waals surface area contributed by atoms with Crippen LogP contribution in [0.4, 0.5) is 5.82 Å². The molecular weight excluding hydrogens is 220 g/mol. The van der Waals surface area contributed by atoms with E-state index in [4.69, 9.17) is 0 Å². The van der Waals surface area contributed by atoms with E-state index < -0.39 is 0 Å². The Morgan fingerprint density at radius 2 is 2.19 bits per heavy atom. The normalized spacial score (nSPS) is 12.8. The van der Waals surface area contributed by atoms with Gasteiger partial charge in [-0.3, -0.25) is 4.68 Å². The Labute approximate surface area is 99.3 Å². The van der Waals surface area contributed by atoms with Gasteiger partial charge in [0.1, 0.15) is 5.82 Å². The van der Waals surface area contributed by atoms with Gasteiger partial charge in [0.05, 0.1) is 22.9 Å². The van der Waals surface area contributed by atoms with Crippen molar-refractivity contribution >= 4 is 17.2 Å². The molecule has 5 heteroatoms. The smallest absolute Gasteiger partial charge is 0.124 e. The lowest BCUT2D eigenvalue weighted by Crippen LogP contribution is -2.11. The molecular formula is C11H16N4S. The summed E-state index contributed by atoms with van der Waals surface area (Å²) in [6, 6.07) is 2.17. The second-order valence-corrected chi connectivity index (χ2v) is 5.29. The van der Waals surface area contributed by atoms with Gasteiger partial charge in [-0.15, -0.1) is 11.3 Å². The average molecular weight is 236 g/mol. The maximum absolute atomic E-state index is 4.55. The lowest BCUT2D eigenvalue weighted by Gasteiger charge is -2.13. The monoisotopic (exact) mass is 236 g/mol. The summed E-state index contributed by atoms with van der Waals surface area (Å²) in [7, 11) is 1.92. The summed E-state index contributed by atoms with van der Waals surface area (Å²) in [4.78, 5) is 5.82. The maximum atomic E-state index is 4.55. The number of nitrogens with zero attached hydrogens (tertiary/aromatic N) is 3. The molecule has 1 N–H and O–H groups in total. The molecule has 2 rings (SSSR count). The van der Waals surface area contributed by atoms with Crippen LogP contribution in [0.2, 0.25) is 0 Å². The first-order chi connectivity index (χ1) is 7.58. The number of hydrogen-bond acceptors (Lipinski definition) is 4. The number of hydrogen-bond donors (Lipinski definition) is 1. The topological polar surface area (TPSA) is 42.7 Å². The highest BCUT2D eigenvalue weighted by Crippen LogP contribution is 2.25. The van der Waals surface area contributed by atoms with Crippen LogP contribution in [0.5, 0.6) is 0 Å². The average Bonchev–Trinajstić information content (AvgIpc) is 2.74. The summed E-state index contributed by atoms with van der Waals surface area (Å²) in [5.74, 6) is 1.01. The Hall–Kier alpha value is -1.36. The van der Waals surface area contributed by atoms with E-state index in [9.17, 15) is 0 Å². The fourth-order valence-electron chi connectivity index (χ4n) is 1.75. The highest BCUT2D eigenvalue weighted by molar-refractivity contribution is 7.11. The zero-order valence-electron chi connectivity index (χ0n) is 9.98. The molecule has 2 aromatic heterocycles. The van der Waals surface area contributed by atoms with Gasteiger partial charge in [-0.1, -0.05) is 0 Å². The molecule has 2 heterocycles. The van der Waals surface area contributed by atoms with Crippen molar-refractivity contribution in [1.29, 1.82) is 0 Å². The summed E-state index contributed by atoms with van der Waals surface area (Å²) in [6.45, 7) is 6.27. The number of aromatic nitrogens is 3. The Kier molecular flexibility index (Phi) is 2.96. The molecule has 0 amide bonds. The third-order valence-electron chi connectivity index (χ3n) is 2.53. The fraction of sp³-hybridized carbons (Fsp3) is 0.455. The van der Waals surface area contributed by atoms with E-state index in [0.717, 1.165) is 16.5 Å². The molecule has 0 spiro atoms. The summed E-state index contributed by atoms with van der Waals surface area (Å²) < 4.78 is 1.82. The van der Waals surface area contributed by atoms with Crippen molar-refractivity contribution in [2.75, 3.05) is 5.32 Å². The second-order valence-electron chi connectivity index (χ2n) is 3.88. The van der Waals surface area contributed by atoms with E-state index in [2.05, 4.69) is 29.2 Å². The quantitative estimate of drug-likeness (QED) is 0.891. The van der Waals surface area contributed by atoms with Crippen molar-refractivity contribution < 1.29 is 0 Å². The second kappa shape index (κ2) is 4.25. The van der Waals surface area contributed by atoms with Crippen LogP contribution in [0.3, 0.4) is 0 Å². The molecule has 0 aliphatic heterocycles. The standard InChI is InChI=1S/C11H16N4S/c1-7(11-8(2)16-9(3)14-11)13-10-5-6-12-15(10)4/h5-7,13H,1-4H3. The molecule has 0 radical (unpaired) electrons. The van der Waals surface area contributed by atoms with Crippen molar-refractivity contribution in [3.05, 3.63) is 27.8 Å². The van der Waals surface area contributed by atoms with Gasteiger partial charge in [-0.25, -0.2) is 4.98 Å². The predicted octanol–water partition coefficient (Wildman–Crippen LogP) is 2.67.